The van der Waals surface area contributed by atoms with Crippen molar-refractivity contribution in [1.82, 2.24) is 14.5 Å². The lowest BCUT2D eigenvalue weighted by Gasteiger charge is -2.34. The number of carbonyl (C=O) groups is 2. The van der Waals surface area contributed by atoms with E-state index in [2.05, 4.69) is 5.32 Å². The van der Waals surface area contributed by atoms with Crippen molar-refractivity contribution in [3.05, 3.63) is 35.9 Å². The molecule has 1 N–H and O–H groups in total. The third-order valence-corrected chi connectivity index (χ3v) is 7.08. The van der Waals surface area contributed by atoms with E-state index in [1.54, 1.807) is 29.2 Å². The summed E-state index contributed by atoms with van der Waals surface area (Å²) in [5.74, 6) is -0.425. The van der Waals surface area contributed by atoms with Gasteiger partial charge in [-0.15, -0.1) is 0 Å². The number of likely N-dealkylation sites (tertiary alicyclic amines) is 1. The molecule has 7 nitrogen and oxygen atoms in total. The first-order valence-corrected chi connectivity index (χ1v) is 10.5. The summed E-state index contributed by atoms with van der Waals surface area (Å²) in [5.41, 5.74) is 0.558. The second-order valence-electron chi connectivity index (χ2n) is 7.02. The van der Waals surface area contributed by atoms with Crippen LogP contribution in [-0.2, 0) is 14.8 Å². The van der Waals surface area contributed by atoms with Gasteiger partial charge in [0.25, 0.3) is 5.91 Å². The van der Waals surface area contributed by atoms with Gasteiger partial charge in [0.05, 0.1) is 11.8 Å². The van der Waals surface area contributed by atoms with E-state index in [1.165, 1.54) is 7.05 Å². The van der Waals surface area contributed by atoms with Crippen LogP contribution in [0.2, 0.25) is 0 Å². The number of sulfonamides is 1. The number of rotatable bonds is 6. The van der Waals surface area contributed by atoms with Crippen LogP contribution >= 0.6 is 0 Å². The molecule has 2 amide bonds. The summed E-state index contributed by atoms with van der Waals surface area (Å²) in [7, 11) is -2.21. The van der Waals surface area contributed by atoms with Gasteiger partial charge in [0.2, 0.25) is 15.9 Å². The zero-order chi connectivity index (χ0) is 18.7. The first-order chi connectivity index (χ1) is 12.4. The number of benzene rings is 1. The molecule has 26 heavy (non-hydrogen) atoms. The molecule has 1 saturated heterocycles. The van der Waals surface area contributed by atoms with Crippen LogP contribution in [0.25, 0.3) is 0 Å². The molecule has 0 spiro atoms. The molecule has 0 aromatic heterocycles. The fourth-order valence-electron chi connectivity index (χ4n) is 3.18. The van der Waals surface area contributed by atoms with Crippen molar-refractivity contribution in [3.8, 4) is 0 Å². The zero-order valence-electron chi connectivity index (χ0n) is 14.9. The standard InChI is InChI=1S/C18H25N3O4S/c1-20(13-17(22)19-15-9-10-15)26(24,25)16-8-5-11-21(12-16)18(23)14-6-3-2-4-7-14/h2-4,6-7,15-16H,5,8-13H2,1H3,(H,19,22)/t16-/m0/s1. The molecule has 1 heterocycles. The van der Waals surface area contributed by atoms with Gasteiger partial charge < -0.3 is 10.2 Å². The fraction of sp³-hybridized carbons (Fsp3) is 0.556. The topological polar surface area (TPSA) is 86.8 Å². The van der Waals surface area contributed by atoms with Crippen LogP contribution in [0, 0.1) is 0 Å². The number of carbonyl (C=O) groups excluding carboxylic acids is 2. The molecule has 142 valence electrons. The number of nitrogens with zero attached hydrogens (tertiary/aromatic N) is 2. The lowest BCUT2D eigenvalue weighted by Crippen LogP contribution is -2.50. The van der Waals surface area contributed by atoms with Crippen LogP contribution < -0.4 is 5.32 Å². The minimum Gasteiger partial charge on any atom is -0.352 e. The molecule has 0 bridgehead atoms. The van der Waals surface area contributed by atoms with E-state index in [1.807, 2.05) is 6.07 Å². The van der Waals surface area contributed by atoms with Crippen molar-refractivity contribution in [2.45, 2.75) is 37.0 Å². The first-order valence-electron chi connectivity index (χ1n) is 8.97. The Morgan fingerprint density at radius 3 is 2.54 bits per heavy atom. The Bertz CT molecular complexity index is 762. The van der Waals surface area contributed by atoms with Crippen molar-refractivity contribution in [2.24, 2.45) is 0 Å². The molecule has 2 aliphatic rings. The van der Waals surface area contributed by atoms with Gasteiger partial charge in [0, 0.05) is 31.7 Å². The van der Waals surface area contributed by atoms with Crippen molar-refractivity contribution >= 4 is 21.8 Å². The lowest BCUT2D eigenvalue weighted by atomic mass is 10.1. The zero-order valence-corrected chi connectivity index (χ0v) is 15.7. The SMILES string of the molecule is CN(CC(=O)NC1CC1)S(=O)(=O)[C@H]1CCCN(C(=O)c2ccccc2)C1. The molecule has 2 fully saturated rings. The van der Waals surface area contributed by atoms with Crippen molar-refractivity contribution in [1.29, 1.82) is 0 Å². The second kappa shape index (κ2) is 7.75. The van der Waals surface area contributed by atoms with Crippen molar-refractivity contribution in [3.63, 3.8) is 0 Å². The lowest BCUT2D eigenvalue weighted by molar-refractivity contribution is -0.121. The minimum atomic E-state index is -3.64. The van der Waals surface area contributed by atoms with E-state index in [0.717, 1.165) is 17.1 Å². The highest BCUT2D eigenvalue weighted by atomic mass is 32.2. The maximum Gasteiger partial charge on any atom is 0.253 e. The number of hydrogen-bond donors (Lipinski definition) is 1. The first kappa shape index (κ1) is 18.8. The Labute approximate surface area is 154 Å². The summed E-state index contributed by atoms with van der Waals surface area (Å²) in [6, 6.07) is 9.08. The predicted molar refractivity (Wildman–Crippen MR) is 98.1 cm³/mol. The van der Waals surface area contributed by atoms with E-state index in [-0.39, 0.29) is 30.9 Å². The predicted octanol–water partition coefficient (Wildman–Crippen LogP) is 0.831. The number of hydrogen-bond acceptors (Lipinski definition) is 4. The van der Waals surface area contributed by atoms with Crippen LogP contribution in [0.5, 0.6) is 0 Å². The maximum absolute atomic E-state index is 12.8. The van der Waals surface area contributed by atoms with Crippen LogP contribution in [0.15, 0.2) is 30.3 Å². The highest BCUT2D eigenvalue weighted by Gasteiger charge is 2.36. The molecular formula is C18H25N3O4S. The molecule has 0 radical (unpaired) electrons. The summed E-state index contributed by atoms with van der Waals surface area (Å²) in [6.07, 6.45) is 3.04. The molecule has 3 rings (SSSR count). The van der Waals surface area contributed by atoms with E-state index in [9.17, 15) is 18.0 Å². The summed E-state index contributed by atoms with van der Waals surface area (Å²) < 4.78 is 26.8. The third-order valence-electron chi connectivity index (χ3n) is 4.85. The normalized spacial score (nSPS) is 20.8. The molecule has 1 atom stereocenters. The van der Waals surface area contributed by atoms with Crippen molar-refractivity contribution in [2.75, 3.05) is 26.7 Å². The van der Waals surface area contributed by atoms with Gasteiger partial charge in [-0.3, -0.25) is 9.59 Å². The van der Waals surface area contributed by atoms with E-state index >= 15 is 0 Å². The average Bonchev–Trinajstić information content (AvgIpc) is 3.45. The summed E-state index contributed by atoms with van der Waals surface area (Å²) in [4.78, 5) is 26.1. The van der Waals surface area contributed by atoms with Crippen LogP contribution in [0.4, 0.5) is 0 Å². The number of amides is 2. The number of likely N-dealkylation sites (N-methyl/N-ethyl adjacent to an activating group) is 1. The van der Waals surface area contributed by atoms with Gasteiger partial charge in [-0.05, 0) is 37.8 Å². The van der Waals surface area contributed by atoms with Crippen LogP contribution in [0.1, 0.15) is 36.0 Å². The van der Waals surface area contributed by atoms with Gasteiger partial charge >= 0.3 is 0 Å². The molecule has 1 aliphatic carbocycles. The van der Waals surface area contributed by atoms with Gasteiger partial charge in [-0.2, -0.15) is 4.31 Å². The fourth-order valence-corrected chi connectivity index (χ4v) is 4.82. The van der Waals surface area contributed by atoms with Gasteiger partial charge in [-0.25, -0.2) is 8.42 Å². The van der Waals surface area contributed by atoms with Crippen molar-refractivity contribution < 1.29 is 18.0 Å². The molecule has 8 heteroatoms. The molecule has 0 unspecified atom stereocenters. The Hall–Kier alpha value is -1.93. The molecule has 1 aromatic rings. The number of piperidine rings is 1. The maximum atomic E-state index is 12.8. The molecule has 1 aliphatic heterocycles. The van der Waals surface area contributed by atoms with Crippen LogP contribution in [0.3, 0.4) is 0 Å². The van der Waals surface area contributed by atoms with Gasteiger partial charge in [-0.1, -0.05) is 18.2 Å². The number of nitrogens with one attached hydrogen (secondary N) is 1. The smallest absolute Gasteiger partial charge is 0.253 e. The minimum absolute atomic E-state index is 0.153. The molecule has 1 aromatic carbocycles. The van der Waals surface area contributed by atoms with E-state index in [4.69, 9.17) is 0 Å². The molecule has 1 saturated carbocycles. The second-order valence-corrected chi connectivity index (χ2v) is 9.34. The summed E-state index contributed by atoms with van der Waals surface area (Å²) >= 11 is 0. The third kappa shape index (κ3) is 4.42. The Morgan fingerprint density at radius 1 is 1.19 bits per heavy atom. The largest absolute Gasteiger partial charge is 0.352 e. The average molecular weight is 379 g/mol. The van der Waals surface area contributed by atoms with E-state index < -0.39 is 15.3 Å². The van der Waals surface area contributed by atoms with Crippen LogP contribution in [-0.4, -0.2) is 67.4 Å². The summed E-state index contributed by atoms with van der Waals surface area (Å²) in [6.45, 7) is 0.526. The highest BCUT2D eigenvalue weighted by Crippen LogP contribution is 2.22. The highest BCUT2D eigenvalue weighted by molar-refractivity contribution is 7.89. The summed E-state index contributed by atoms with van der Waals surface area (Å²) in [5, 5.41) is 2.12. The van der Waals surface area contributed by atoms with Gasteiger partial charge in [0.1, 0.15) is 0 Å². The monoisotopic (exact) mass is 379 g/mol. The van der Waals surface area contributed by atoms with Gasteiger partial charge in [0.15, 0.2) is 0 Å². The Kier molecular flexibility index (Phi) is 5.62. The molecular weight excluding hydrogens is 354 g/mol. The van der Waals surface area contributed by atoms with E-state index in [0.29, 0.717) is 24.9 Å². The Morgan fingerprint density at radius 2 is 1.88 bits per heavy atom. The quantitative estimate of drug-likeness (QED) is 0.793. The Balaban J connectivity index is 1.63.